The number of aryl methyl sites for hydroxylation is 1. The molecule has 0 unspecified atom stereocenters. The molecule has 0 amide bonds. The zero-order valence-electron chi connectivity index (χ0n) is 21.4. The van der Waals surface area contributed by atoms with Crippen molar-refractivity contribution in [3.8, 4) is 23.1 Å². The molecule has 1 aliphatic rings. The van der Waals surface area contributed by atoms with Crippen LogP contribution in [-0.4, -0.2) is 59.1 Å². The number of H-pyrrole nitrogens is 1. The molecular weight excluding hydrogens is 449 g/mol. The van der Waals surface area contributed by atoms with Gasteiger partial charge in [-0.15, -0.1) is 0 Å². The van der Waals surface area contributed by atoms with E-state index in [0.29, 0.717) is 17.4 Å². The zero-order chi connectivity index (χ0) is 26.5. The predicted molar refractivity (Wildman–Crippen MR) is 121 cm³/mol. The highest BCUT2D eigenvalue weighted by atomic mass is 19.3. The topological polar surface area (TPSA) is 72.5 Å². The summed E-state index contributed by atoms with van der Waals surface area (Å²) >= 11 is 0. The molecule has 34 heavy (non-hydrogen) atoms. The third kappa shape index (κ3) is 3.98. The first-order chi connectivity index (χ1) is 17.4. The molecule has 1 saturated heterocycles. The SMILES string of the molecule is [2H]C([2H])([2H])Oc1cc(O[C@H]2CCN(C)CC2(F)F)c2c(Oc3ccc4[nH]c(C)cc4c3F)ncnc2c1. The first-order valence-corrected chi connectivity index (χ1v) is 10.6. The van der Waals surface area contributed by atoms with Crippen molar-refractivity contribution in [1.29, 1.82) is 0 Å². The Balaban J connectivity index is 1.61. The third-order valence-electron chi connectivity index (χ3n) is 5.80. The molecule has 0 bridgehead atoms. The quantitative estimate of drug-likeness (QED) is 0.434. The van der Waals surface area contributed by atoms with Crippen LogP contribution in [0.5, 0.6) is 23.1 Å². The summed E-state index contributed by atoms with van der Waals surface area (Å²) in [6.07, 6.45) is -0.377. The second-order valence-electron chi connectivity index (χ2n) is 8.38. The fourth-order valence-corrected chi connectivity index (χ4v) is 4.19. The Morgan fingerprint density at radius 2 is 2.06 bits per heavy atom. The molecule has 178 valence electrons. The first-order valence-electron chi connectivity index (χ1n) is 12.1. The van der Waals surface area contributed by atoms with Crippen LogP contribution in [0.15, 0.2) is 36.7 Å². The predicted octanol–water partition coefficient (Wildman–Crippen LogP) is 5.08. The number of hydrogen-bond donors (Lipinski definition) is 1. The van der Waals surface area contributed by atoms with Gasteiger partial charge in [0, 0.05) is 41.7 Å². The Morgan fingerprint density at radius 3 is 2.85 bits per heavy atom. The Bertz CT molecular complexity index is 1480. The summed E-state index contributed by atoms with van der Waals surface area (Å²) in [7, 11) is -1.22. The van der Waals surface area contributed by atoms with Gasteiger partial charge in [0.15, 0.2) is 17.7 Å². The molecule has 1 N–H and O–H groups in total. The highest BCUT2D eigenvalue weighted by molar-refractivity contribution is 5.91. The van der Waals surface area contributed by atoms with Crippen molar-refractivity contribution in [1.82, 2.24) is 19.9 Å². The smallest absolute Gasteiger partial charge is 0.296 e. The van der Waals surface area contributed by atoms with Gasteiger partial charge in [0.2, 0.25) is 5.88 Å². The molecule has 4 aromatic rings. The standard InChI is InChI=1S/C24H23F3N4O3/c1-13-8-15-16(30-13)4-5-18(22(15)25)34-23-21-17(28-12-29-23)9-14(32-3)10-19(21)33-20-6-7-31(2)11-24(20,26)27/h4-5,8-10,12,20,30H,6-7,11H2,1-3H3/t20-/m0/s1/i3D3. The molecule has 1 aliphatic heterocycles. The van der Waals surface area contributed by atoms with Gasteiger partial charge in [0.1, 0.15) is 23.2 Å². The molecule has 0 spiro atoms. The summed E-state index contributed by atoms with van der Waals surface area (Å²) in [6, 6.07) is 7.16. The van der Waals surface area contributed by atoms with E-state index >= 15 is 4.39 Å². The van der Waals surface area contributed by atoms with Crippen molar-refractivity contribution in [2.24, 2.45) is 0 Å². The molecular formula is C24H23F3N4O3. The third-order valence-corrected chi connectivity index (χ3v) is 5.80. The van der Waals surface area contributed by atoms with E-state index in [9.17, 15) is 8.78 Å². The molecule has 5 rings (SSSR count). The van der Waals surface area contributed by atoms with Crippen LogP contribution < -0.4 is 14.2 Å². The molecule has 10 heteroatoms. The highest BCUT2D eigenvalue weighted by Gasteiger charge is 2.45. The number of hydrogen-bond acceptors (Lipinski definition) is 6. The highest BCUT2D eigenvalue weighted by Crippen LogP contribution is 2.41. The first kappa shape index (κ1) is 18.8. The van der Waals surface area contributed by atoms with E-state index in [1.54, 1.807) is 26.1 Å². The summed E-state index contributed by atoms with van der Waals surface area (Å²) in [5, 5.41) is 0.379. The molecule has 1 atom stereocenters. The van der Waals surface area contributed by atoms with Crippen molar-refractivity contribution in [3.63, 3.8) is 0 Å². The van der Waals surface area contributed by atoms with Gasteiger partial charge in [-0.3, -0.25) is 0 Å². The van der Waals surface area contributed by atoms with Crippen LogP contribution in [0.2, 0.25) is 0 Å². The number of ether oxygens (including phenoxy) is 3. The Morgan fingerprint density at radius 1 is 1.21 bits per heavy atom. The molecule has 0 radical (unpaired) electrons. The number of nitrogens with one attached hydrogen (secondary N) is 1. The Kier molecular flexibility index (Phi) is 4.63. The number of halogens is 3. The van der Waals surface area contributed by atoms with Gasteiger partial charge >= 0.3 is 0 Å². The second kappa shape index (κ2) is 8.35. The van der Waals surface area contributed by atoms with E-state index in [4.69, 9.17) is 18.3 Å². The molecule has 7 nitrogen and oxygen atoms in total. The fraction of sp³-hybridized carbons (Fsp3) is 0.333. The van der Waals surface area contributed by atoms with Crippen LogP contribution in [0.4, 0.5) is 13.2 Å². The second-order valence-corrected chi connectivity index (χ2v) is 8.38. The average molecular weight is 475 g/mol. The molecule has 1 fully saturated rings. The van der Waals surface area contributed by atoms with Crippen LogP contribution in [0.3, 0.4) is 0 Å². The normalized spacial score (nSPS) is 20.0. The number of likely N-dealkylation sites (tertiary alicyclic amines) is 1. The Hall–Kier alpha value is -3.53. The fourth-order valence-electron chi connectivity index (χ4n) is 4.19. The van der Waals surface area contributed by atoms with Crippen molar-refractivity contribution >= 4 is 21.8 Å². The monoisotopic (exact) mass is 475 g/mol. The van der Waals surface area contributed by atoms with Crippen LogP contribution in [0.1, 0.15) is 16.2 Å². The lowest BCUT2D eigenvalue weighted by molar-refractivity contribution is -0.134. The molecule has 2 aromatic heterocycles. The minimum atomic E-state index is -3.19. The van der Waals surface area contributed by atoms with E-state index < -0.39 is 31.4 Å². The number of piperidine rings is 1. The number of alkyl halides is 2. The lowest BCUT2D eigenvalue weighted by Crippen LogP contribution is -2.52. The van der Waals surface area contributed by atoms with Crippen molar-refractivity contribution in [2.45, 2.75) is 25.4 Å². The van der Waals surface area contributed by atoms with Gasteiger partial charge < -0.3 is 24.1 Å². The van der Waals surface area contributed by atoms with E-state index in [1.165, 1.54) is 23.1 Å². The van der Waals surface area contributed by atoms with Crippen LogP contribution in [0.25, 0.3) is 21.8 Å². The van der Waals surface area contributed by atoms with Gasteiger partial charge in [-0.25, -0.2) is 23.1 Å². The number of aromatic amines is 1. The van der Waals surface area contributed by atoms with E-state index in [0.717, 1.165) is 12.0 Å². The molecule has 2 aromatic carbocycles. The summed E-state index contributed by atoms with van der Waals surface area (Å²) < 4.78 is 83.7. The summed E-state index contributed by atoms with van der Waals surface area (Å²) in [5.41, 5.74) is 1.45. The zero-order valence-corrected chi connectivity index (χ0v) is 18.4. The van der Waals surface area contributed by atoms with Gasteiger partial charge in [0.25, 0.3) is 5.92 Å². The number of benzene rings is 2. The van der Waals surface area contributed by atoms with Gasteiger partial charge in [-0.05, 0) is 32.2 Å². The van der Waals surface area contributed by atoms with Gasteiger partial charge in [-0.1, -0.05) is 0 Å². The number of fused-ring (bicyclic) bond motifs is 2. The lowest BCUT2D eigenvalue weighted by atomic mass is 10.0. The number of nitrogens with zero attached hydrogens (tertiary/aromatic N) is 3. The molecule has 0 aliphatic carbocycles. The van der Waals surface area contributed by atoms with Crippen molar-refractivity contribution < 1.29 is 31.5 Å². The van der Waals surface area contributed by atoms with Crippen LogP contribution in [-0.2, 0) is 0 Å². The summed E-state index contributed by atoms with van der Waals surface area (Å²) in [4.78, 5) is 12.7. The molecule has 3 heterocycles. The van der Waals surface area contributed by atoms with Crippen molar-refractivity contribution in [3.05, 3.63) is 48.2 Å². The van der Waals surface area contributed by atoms with Crippen LogP contribution >= 0.6 is 0 Å². The summed E-state index contributed by atoms with van der Waals surface area (Å²) in [5.74, 6) is -4.47. The summed E-state index contributed by atoms with van der Waals surface area (Å²) in [6.45, 7) is 1.65. The minimum Gasteiger partial charge on any atom is -0.497 e. The number of rotatable bonds is 5. The number of methoxy groups -OCH3 is 1. The van der Waals surface area contributed by atoms with Crippen LogP contribution in [0, 0.1) is 12.7 Å². The maximum atomic E-state index is 15.2. The van der Waals surface area contributed by atoms with E-state index in [2.05, 4.69) is 15.0 Å². The maximum Gasteiger partial charge on any atom is 0.296 e. The van der Waals surface area contributed by atoms with E-state index in [-0.39, 0.29) is 40.5 Å². The van der Waals surface area contributed by atoms with Gasteiger partial charge in [-0.2, -0.15) is 0 Å². The maximum absolute atomic E-state index is 15.2. The minimum absolute atomic E-state index is 0.0113. The lowest BCUT2D eigenvalue weighted by Gasteiger charge is -2.36. The van der Waals surface area contributed by atoms with E-state index in [1.807, 2.05) is 0 Å². The largest absolute Gasteiger partial charge is 0.497 e. The average Bonchev–Trinajstić information content (AvgIpc) is 3.17. The van der Waals surface area contributed by atoms with Gasteiger partial charge in [0.05, 0.1) is 23.2 Å². The Labute approximate surface area is 197 Å². The molecule has 0 saturated carbocycles. The number of aromatic nitrogens is 3. The van der Waals surface area contributed by atoms with Crippen molar-refractivity contribution in [2.75, 3.05) is 27.2 Å².